The zero-order valence-electron chi connectivity index (χ0n) is 12.4. The summed E-state index contributed by atoms with van der Waals surface area (Å²) in [5, 5.41) is 0. The normalized spacial score (nSPS) is 10.3. The van der Waals surface area contributed by atoms with Crippen molar-refractivity contribution in [1.82, 2.24) is 0 Å². The summed E-state index contributed by atoms with van der Waals surface area (Å²) in [6.07, 6.45) is 0. The number of nitrogens with zero attached hydrogens (tertiary/aromatic N) is 1. The fraction of sp³-hybridized carbons (Fsp3) is 0.294. The Bertz CT molecular complexity index is 564. The van der Waals surface area contributed by atoms with E-state index in [2.05, 4.69) is 37.9 Å². The van der Waals surface area contributed by atoms with Gasteiger partial charge in [0, 0.05) is 18.4 Å². The molecule has 0 aliphatic rings. The van der Waals surface area contributed by atoms with Gasteiger partial charge < -0.3 is 15.4 Å². The number of hydrogen-bond acceptors (Lipinski definition) is 3. The molecule has 2 N–H and O–H groups in total. The number of anilines is 2. The molecule has 0 fully saturated rings. The summed E-state index contributed by atoms with van der Waals surface area (Å²) < 4.78 is 5.84. The van der Waals surface area contributed by atoms with Gasteiger partial charge in [-0.2, -0.15) is 0 Å². The molecule has 0 atom stereocenters. The highest BCUT2D eigenvalue weighted by atomic mass is 16.5. The van der Waals surface area contributed by atoms with Gasteiger partial charge >= 0.3 is 0 Å². The van der Waals surface area contributed by atoms with Gasteiger partial charge in [-0.05, 0) is 49.7 Å². The van der Waals surface area contributed by atoms with E-state index < -0.39 is 0 Å². The number of aryl methyl sites for hydroxylation is 2. The van der Waals surface area contributed by atoms with Crippen molar-refractivity contribution < 1.29 is 4.74 Å². The average Bonchev–Trinajstić information content (AvgIpc) is 2.42. The third-order valence-corrected chi connectivity index (χ3v) is 3.35. The first kappa shape index (κ1) is 14.3. The summed E-state index contributed by atoms with van der Waals surface area (Å²) in [4.78, 5) is 2.16. The molecule has 0 aliphatic heterocycles. The molecule has 2 aromatic rings. The topological polar surface area (TPSA) is 38.5 Å². The van der Waals surface area contributed by atoms with Crippen LogP contribution in [0.2, 0.25) is 0 Å². The van der Waals surface area contributed by atoms with E-state index in [0.29, 0.717) is 6.61 Å². The third-order valence-electron chi connectivity index (χ3n) is 3.35. The summed E-state index contributed by atoms with van der Waals surface area (Å²) in [5.74, 6) is 0.960. The molecule has 2 aromatic carbocycles. The van der Waals surface area contributed by atoms with Gasteiger partial charge in [0.15, 0.2) is 0 Å². The standard InChI is InChI=1S/C17H22N2O/c1-13-4-9-17(14(2)12-13)20-11-10-19(3)16-7-5-15(18)6-8-16/h4-9,12H,10-11,18H2,1-3H3. The van der Waals surface area contributed by atoms with E-state index in [1.54, 1.807) is 0 Å². The lowest BCUT2D eigenvalue weighted by Gasteiger charge is -2.20. The quantitative estimate of drug-likeness (QED) is 0.846. The van der Waals surface area contributed by atoms with Gasteiger partial charge in [-0.15, -0.1) is 0 Å². The van der Waals surface area contributed by atoms with E-state index >= 15 is 0 Å². The Morgan fingerprint density at radius 1 is 1.05 bits per heavy atom. The lowest BCUT2D eigenvalue weighted by atomic mass is 10.1. The fourth-order valence-corrected chi connectivity index (χ4v) is 2.11. The minimum absolute atomic E-state index is 0.658. The maximum Gasteiger partial charge on any atom is 0.122 e. The average molecular weight is 270 g/mol. The molecule has 0 aromatic heterocycles. The molecule has 20 heavy (non-hydrogen) atoms. The molecule has 0 saturated carbocycles. The fourth-order valence-electron chi connectivity index (χ4n) is 2.11. The van der Waals surface area contributed by atoms with E-state index in [1.165, 1.54) is 11.1 Å². The van der Waals surface area contributed by atoms with E-state index in [-0.39, 0.29) is 0 Å². The van der Waals surface area contributed by atoms with Crippen molar-refractivity contribution in [3.05, 3.63) is 53.6 Å². The maximum absolute atomic E-state index is 5.84. The van der Waals surface area contributed by atoms with Crippen LogP contribution in [0.1, 0.15) is 11.1 Å². The minimum Gasteiger partial charge on any atom is -0.491 e. The molecule has 0 heterocycles. The summed E-state index contributed by atoms with van der Waals surface area (Å²) in [6, 6.07) is 14.1. The number of hydrogen-bond donors (Lipinski definition) is 1. The highest BCUT2D eigenvalue weighted by Crippen LogP contribution is 2.19. The number of rotatable bonds is 5. The van der Waals surface area contributed by atoms with Crippen LogP contribution in [0.25, 0.3) is 0 Å². The van der Waals surface area contributed by atoms with Crippen molar-refractivity contribution in [3.8, 4) is 5.75 Å². The van der Waals surface area contributed by atoms with Crippen molar-refractivity contribution >= 4 is 11.4 Å². The molecule has 106 valence electrons. The van der Waals surface area contributed by atoms with Crippen LogP contribution in [-0.4, -0.2) is 20.2 Å². The van der Waals surface area contributed by atoms with Gasteiger partial charge in [0.05, 0.1) is 6.54 Å². The predicted octanol–water partition coefficient (Wildman–Crippen LogP) is 3.40. The third kappa shape index (κ3) is 3.67. The Balaban J connectivity index is 1.87. The summed E-state index contributed by atoms with van der Waals surface area (Å²) in [7, 11) is 2.05. The minimum atomic E-state index is 0.658. The van der Waals surface area contributed by atoms with Crippen molar-refractivity contribution in [2.24, 2.45) is 0 Å². The van der Waals surface area contributed by atoms with Crippen molar-refractivity contribution in [3.63, 3.8) is 0 Å². The molecular weight excluding hydrogens is 248 g/mol. The summed E-state index contributed by atoms with van der Waals surface area (Å²) >= 11 is 0. The molecule has 0 amide bonds. The SMILES string of the molecule is Cc1ccc(OCCN(C)c2ccc(N)cc2)c(C)c1. The zero-order valence-corrected chi connectivity index (χ0v) is 12.4. The van der Waals surface area contributed by atoms with Gasteiger partial charge in [-0.25, -0.2) is 0 Å². The van der Waals surface area contributed by atoms with E-state index in [0.717, 1.165) is 23.7 Å². The van der Waals surface area contributed by atoms with Crippen LogP contribution in [-0.2, 0) is 0 Å². The number of nitrogens with two attached hydrogens (primary N) is 1. The molecule has 0 unspecified atom stereocenters. The van der Waals surface area contributed by atoms with Gasteiger partial charge in [0.25, 0.3) is 0 Å². The second kappa shape index (κ2) is 6.33. The lowest BCUT2D eigenvalue weighted by Crippen LogP contribution is -2.23. The highest BCUT2D eigenvalue weighted by Gasteiger charge is 2.03. The second-order valence-corrected chi connectivity index (χ2v) is 5.13. The largest absolute Gasteiger partial charge is 0.491 e. The Morgan fingerprint density at radius 2 is 1.75 bits per heavy atom. The first-order valence-corrected chi connectivity index (χ1v) is 6.83. The predicted molar refractivity (Wildman–Crippen MR) is 85.5 cm³/mol. The van der Waals surface area contributed by atoms with Crippen LogP contribution in [0.4, 0.5) is 11.4 Å². The zero-order chi connectivity index (χ0) is 14.5. The van der Waals surface area contributed by atoms with E-state index in [4.69, 9.17) is 10.5 Å². The first-order valence-electron chi connectivity index (χ1n) is 6.83. The van der Waals surface area contributed by atoms with Crippen molar-refractivity contribution in [2.75, 3.05) is 30.8 Å². The molecule has 2 rings (SSSR count). The second-order valence-electron chi connectivity index (χ2n) is 5.13. The highest BCUT2D eigenvalue weighted by molar-refractivity contribution is 5.52. The van der Waals surface area contributed by atoms with Crippen LogP contribution < -0.4 is 15.4 Å². The van der Waals surface area contributed by atoms with Gasteiger partial charge in [-0.3, -0.25) is 0 Å². The molecular formula is C17H22N2O. The number of benzene rings is 2. The molecule has 3 heteroatoms. The van der Waals surface area contributed by atoms with Gasteiger partial charge in [0.1, 0.15) is 12.4 Å². The smallest absolute Gasteiger partial charge is 0.122 e. The van der Waals surface area contributed by atoms with E-state index in [1.807, 2.05) is 30.3 Å². The first-order chi connectivity index (χ1) is 9.56. The van der Waals surface area contributed by atoms with Crippen molar-refractivity contribution in [2.45, 2.75) is 13.8 Å². The molecule has 0 spiro atoms. The van der Waals surface area contributed by atoms with Gasteiger partial charge in [0.2, 0.25) is 0 Å². The number of ether oxygens (including phenoxy) is 1. The lowest BCUT2D eigenvalue weighted by molar-refractivity contribution is 0.323. The molecule has 3 nitrogen and oxygen atoms in total. The van der Waals surface area contributed by atoms with E-state index in [9.17, 15) is 0 Å². The van der Waals surface area contributed by atoms with Crippen LogP contribution in [0.3, 0.4) is 0 Å². The van der Waals surface area contributed by atoms with Gasteiger partial charge in [-0.1, -0.05) is 17.7 Å². The number of likely N-dealkylation sites (N-methyl/N-ethyl adjacent to an activating group) is 1. The summed E-state index contributed by atoms with van der Waals surface area (Å²) in [5.41, 5.74) is 10.1. The Labute approximate surface area is 121 Å². The maximum atomic E-state index is 5.84. The van der Waals surface area contributed by atoms with Crippen LogP contribution in [0, 0.1) is 13.8 Å². The Kier molecular flexibility index (Phi) is 4.51. The monoisotopic (exact) mass is 270 g/mol. The Morgan fingerprint density at radius 3 is 2.40 bits per heavy atom. The molecule has 0 saturated heterocycles. The number of nitrogen functional groups attached to an aromatic ring is 1. The Hall–Kier alpha value is -2.16. The van der Waals surface area contributed by atoms with Crippen LogP contribution >= 0.6 is 0 Å². The summed E-state index contributed by atoms with van der Waals surface area (Å²) in [6.45, 7) is 5.65. The molecule has 0 radical (unpaired) electrons. The van der Waals surface area contributed by atoms with Crippen molar-refractivity contribution in [1.29, 1.82) is 0 Å². The molecule has 0 aliphatic carbocycles. The molecule has 0 bridgehead atoms. The van der Waals surface area contributed by atoms with Crippen LogP contribution in [0.15, 0.2) is 42.5 Å². The van der Waals surface area contributed by atoms with Crippen LogP contribution in [0.5, 0.6) is 5.75 Å².